The molecule has 2 aromatic carbocycles. The van der Waals surface area contributed by atoms with Crippen molar-refractivity contribution in [3.63, 3.8) is 0 Å². The fourth-order valence-corrected chi connectivity index (χ4v) is 3.68. The molecule has 0 unspecified atom stereocenters. The molecule has 9 heteroatoms. The molecule has 0 aliphatic heterocycles. The number of ether oxygens (including phenoxy) is 2. The lowest BCUT2D eigenvalue weighted by Crippen LogP contribution is -2.04. The van der Waals surface area contributed by atoms with Crippen LogP contribution in [0.2, 0.25) is 5.15 Å². The molecule has 0 spiro atoms. The SMILES string of the molecule is COc1ccc(CNc2nc(Cl)cc(Oc3ccc(CCCS(C)(=O)=O)cc3)n2)cc1. The first-order valence-corrected chi connectivity index (χ1v) is 12.1. The van der Waals surface area contributed by atoms with Gasteiger partial charge in [-0.1, -0.05) is 35.9 Å². The summed E-state index contributed by atoms with van der Waals surface area (Å²) in [6, 6.07) is 16.7. The van der Waals surface area contributed by atoms with Gasteiger partial charge in [0.05, 0.1) is 12.9 Å². The molecule has 0 amide bonds. The maximum Gasteiger partial charge on any atom is 0.227 e. The van der Waals surface area contributed by atoms with Crippen molar-refractivity contribution in [3.8, 4) is 17.4 Å². The largest absolute Gasteiger partial charge is 0.497 e. The van der Waals surface area contributed by atoms with Crippen molar-refractivity contribution >= 4 is 27.4 Å². The summed E-state index contributed by atoms with van der Waals surface area (Å²) in [7, 11) is -1.31. The lowest BCUT2D eigenvalue weighted by molar-refractivity contribution is 0.414. The number of hydrogen-bond acceptors (Lipinski definition) is 7. The highest BCUT2D eigenvalue weighted by atomic mass is 35.5. The van der Waals surface area contributed by atoms with E-state index in [1.54, 1.807) is 13.2 Å². The van der Waals surface area contributed by atoms with Crippen LogP contribution in [0, 0.1) is 0 Å². The minimum atomic E-state index is -2.94. The number of nitrogens with one attached hydrogen (secondary N) is 1. The average molecular weight is 462 g/mol. The van der Waals surface area contributed by atoms with E-state index in [1.807, 2.05) is 48.5 Å². The number of nitrogens with zero attached hydrogens (tertiary/aromatic N) is 2. The van der Waals surface area contributed by atoms with Crippen molar-refractivity contribution in [3.05, 3.63) is 70.9 Å². The smallest absolute Gasteiger partial charge is 0.227 e. The predicted octanol–water partition coefficient (Wildman–Crippen LogP) is 4.52. The van der Waals surface area contributed by atoms with Crippen LogP contribution in [0.15, 0.2) is 54.6 Å². The fourth-order valence-electron chi connectivity index (χ4n) is 2.84. The maximum atomic E-state index is 11.2. The molecule has 0 aliphatic rings. The Morgan fingerprint density at radius 1 is 0.968 bits per heavy atom. The molecule has 1 aromatic heterocycles. The van der Waals surface area contributed by atoms with Gasteiger partial charge in [-0.2, -0.15) is 4.98 Å². The van der Waals surface area contributed by atoms with Crippen molar-refractivity contribution < 1.29 is 17.9 Å². The third-order valence-electron chi connectivity index (χ3n) is 4.41. The van der Waals surface area contributed by atoms with Crippen LogP contribution in [0.1, 0.15) is 17.5 Å². The quantitative estimate of drug-likeness (QED) is 0.444. The zero-order chi connectivity index (χ0) is 22.3. The Labute approximate surface area is 187 Å². The van der Waals surface area contributed by atoms with Gasteiger partial charge >= 0.3 is 0 Å². The highest BCUT2D eigenvalue weighted by Crippen LogP contribution is 2.24. The Morgan fingerprint density at radius 3 is 2.26 bits per heavy atom. The number of anilines is 1. The van der Waals surface area contributed by atoms with Gasteiger partial charge in [-0.3, -0.25) is 0 Å². The first kappa shape index (κ1) is 22.8. The van der Waals surface area contributed by atoms with Gasteiger partial charge in [0.25, 0.3) is 0 Å². The zero-order valence-electron chi connectivity index (χ0n) is 17.3. The third-order valence-corrected chi connectivity index (χ3v) is 5.63. The van der Waals surface area contributed by atoms with Crippen LogP contribution in [0.5, 0.6) is 17.4 Å². The van der Waals surface area contributed by atoms with E-state index >= 15 is 0 Å². The molecule has 1 N–H and O–H groups in total. The Bertz CT molecular complexity index is 1100. The standard InChI is InChI=1S/C22H24ClN3O4S/c1-29-18-9-7-17(8-10-18)15-24-22-25-20(23)14-21(26-22)30-19-11-5-16(6-12-19)4-3-13-31(2,27)28/h5-12,14H,3-4,13,15H2,1-2H3,(H,24,25,26). The highest BCUT2D eigenvalue weighted by molar-refractivity contribution is 7.90. The van der Waals surface area contributed by atoms with Gasteiger partial charge < -0.3 is 14.8 Å². The molecular weight excluding hydrogens is 438 g/mol. The Hall–Kier alpha value is -2.84. The van der Waals surface area contributed by atoms with Gasteiger partial charge in [0.2, 0.25) is 11.8 Å². The van der Waals surface area contributed by atoms with E-state index < -0.39 is 9.84 Å². The van der Waals surface area contributed by atoms with Crippen molar-refractivity contribution in [1.29, 1.82) is 0 Å². The van der Waals surface area contributed by atoms with Crippen LogP contribution in [-0.2, 0) is 22.8 Å². The molecule has 3 aromatic rings. The van der Waals surface area contributed by atoms with E-state index in [-0.39, 0.29) is 10.9 Å². The van der Waals surface area contributed by atoms with E-state index in [1.165, 1.54) is 6.26 Å². The monoisotopic (exact) mass is 461 g/mol. The maximum absolute atomic E-state index is 11.2. The lowest BCUT2D eigenvalue weighted by Gasteiger charge is -2.10. The van der Waals surface area contributed by atoms with Crippen LogP contribution in [0.25, 0.3) is 0 Å². The van der Waals surface area contributed by atoms with E-state index in [9.17, 15) is 8.42 Å². The molecule has 0 saturated heterocycles. The molecule has 1 heterocycles. The van der Waals surface area contributed by atoms with Crippen molar-refractivity contribution in [1.82, 2.24) is 9.97 Å². The minimum absolute atomic E-state index is 0.178. The first-order chi connectivity index (χ1) is 14.8. The second-order valence-corrected chi connectivity index (χ2v) is 9.68. The van der Waals surface area contributed by atoms with Gasteiger partial charge in [0, 0.05) is 18.9 Å². The number of benzene rings is 2. The Morgan fingerprint density at radius 2 is 1.61 bits per heavy atom. The van der Waals surface area contributed by atoms with Gasteiger partial charge in [-0.25, -0.2) is 13.4 Å². The summed E-state index contributed by atoms with van der Waals surface area (Å²) in [5.41, 5.74) is 2.08. The lowest BCUT2D eigenvalue weighted by atomic mass is 10.1. The van der Waals surface area contributed by atoms with E-state index in [0.717, 1.165) is 16.9 Å². The summed E-state index contributed by atoms with van der Waals surface area (Å²) < 4.78 is 33.4. The number of sulfone groups is 1. The normalized spacial score (nSPS) is 11.2. The molecule has 0 saturated carbocycles. The van der Waals surface area contributed by atoms with Crippen LogP contribution in [0.3, 0.4) is 0 Å². The average Bonchev–Trinajstić information content (AvgIpc) is 2.73. The molecule has 0 atom stereocenters. The number of aromatic nitrogens is 2. The van der Waals surface area contributed by atoms with E-state index in [0.29, 0.717) is 37.0 Å². The summed E-state index contributed by atoms with van der Waals surface area (Å²) in [6.07, 6.45) is 2.52. The third kappa shape index (κ3) is 7.73. The molecule has 31 heavy (non-hydrogen) atoms. The molecular formula is C22H24ClN3O4S. The Kier molecular flexibility index (Phi) is 7.70. The minimum Gasteiger partial charge on any atom is -0.497 e. The summed E-state index contributed by atoms with van der Waals surface area (Å²) in [6.45, 7) is 0.520. The number of halogens is 1. The summed E-state index contributed by atoms with van der Waals surface area (Å²) in [5.74, 6) is 2.25. The second-order valence-electron chi connectivity index (χ2n) is 7.03. The molecule has 7 nitrogen and oxygen atoms in total. The van der Waals surface area contributed by atoms with Crippen LogP contribution >= 0.6 is 11.6 Å². The Balaban J connectivity index is 1.59. The van der Waals surface area contributed by atoms with Crippen LogP contribution < -0.4 is 14.8 Å². The topological polar surface area (TPSA) is 90.4 Å². The fraction of sp³-hybridized carbons (Fsp3) is 0.273. The number of aryl methyl sites for hydroxylation is 1. The number of rotatable bonds is 10. The van der Waals surface area contributed by atoms with Crippen molar-refractivity contribution in [2.45, 2.75) is 19.4 Å². The van der Waals surface area contributed by atoms with Crippen LogP contribution in [0.4, 0.5) is 5.95 Å². The molecule has 164 valence electrons. The predicted molar refractivity (Wildman–Crippen MR) is 122 cm³/mol. The van der Waals surface area contributed by atoms with Gasteiger partial charge in [-0.05, 0) is 48.2 Å². The molecule has 0 aliphatic carbocycles. The zero-order valence-corrected chi connectivity index (χ0v) is 18.9. The number of hydrogen-bond donors (Lipinski definition) is 1. The number of methoxy groups -OCH3 is 1. The summed E-state index contributed by atoms with van der Waals surface area (Å²) >= 11 is 6.12. The second kappa shape index (κ2) is 10.5. The van der Waals surface area contributed by atoms with Gasteiger partial charge in [0.15, 0.2) is 0 Å². The summed E-state index contributed by atoms with van der Waals surface area (Å²) in [4.78, 5) is 8.54. The molecule has 0 fully saturated rings. The molecule has 0 radical (unpaired) electrons. The molecule has 0 bridgehead atoms. The van der Waals surface area contributed by atoms with Crippen LogP contribution in [-0.4, -0.2) is 37.5 Å². The summed E-state index contributed by atoms with van der Waals surface area (Å²) in [5, 5.41) is 3.40. The van der Waals surface area contributed by atoms with Gasteiger partial charge in [-0.15, -0.1) is 0 Å². The highest BCUT2D eigenvalue weighted by Gasteiger charge is 2.07. The molecule has 3 rings (SSSR count). The van der Waals surface area contributed by atoms with Crippen molar-refractivity contribution in [2.75, 3.05) is 24.4 Å². The first-order valence-electron chi connectivity index (χ1n) is 9.67. The van der Waals surface area contributed by atoms with E-state index in [4.69, 9.17) is 21.1 Å². The van der Waals surface area contributed by atoms with Gasteiger partial charge in [0.1, 0.15) is 26.5 Å². The van der Waals surface area contributed by atoms with Crippen molar-refractivity contribution in [2.24, 2.45) is 0 Å². The van der Waals surface area contributed by atoms with E-state index in [2.05, 4.69) is 15.3 Å².